The molecule has 2 heterocycles. The van der Waals surface area contributed by atoms with E-state index >= 15 is 0 Å². The molecule has 2 aromatic carbocycles. The minimum absolute atomic E-state index is 0.00158. The van der Waals surface area contributed by atoms with Crippen LogP contribution in [0.1, 0.15) is 25.3 Å². The van der Waals surface area contributed by atoms with Gasteiger partial charge in [0.25, 0.3) is 0 Å². The molecule has 6 nitrogen and oxygen atoms in total. The minimum atomic E-state index is -0.776. The van der Waals surface area contributed by atoms with Gasteiger partial charge >= 0.3 is 0 Å². The molecule has 2 aliphatic rings. The van der Waals surface area contributed by atoms with Crippen LogP contribution in [0.25, 0.3) is 0 Å². The molecule has 0 bridgehead atoms. The smallest absolute Gasteiger partial charge is 0.247 e. The third kappa shape index (κ3) is 4.21. The zero-order valence-corrected chi connectivity index (χ0v) is 17.7. The van der Waals surface area contributed by atoms with Gasteiger partial charge < -0.3 is 15.5 Å². The fourth-order valence-corrected chi connectivity index (χ4v) is 5.00. The van der Waals surface area contributed by atoms with Crippen LogP contribution in [0.5, 0.6) is 0 Å². The maximum Gasteiger partial charge on any atom is 0.247 e. The zero-order chi connectivity index (χ0) is 21.1. The van der Waals surface area contributed by atoms with Gasteiger partial charge in [-0.15, -0.1) is 11.8 Å². The monoisotopic (exact) mass is 423 g/mol. The third-order valence-electron chi connectivity index (χ3n) is 5.69. The number of carbonyl (C=O) groups excluding carboxylic acids is 3. The molecule has 0 spiro atoms. The lowest BCUT2D eigenvalue weighted by atomic mass is 9.95. The molecular weight excluding hydrogens is 398 g/mol. The Balaban J connectivity index is 1.35. The molecule has 1 saturated heterocycles. The molecule has 0 aliphatic carbocycles. The molecule has 156 valence electrons. The van der Waals surface area contributed by atoms with Gasteiger partial charge in [0.2, 0.25) is 17.7 Å². The van der Waals surface area contributed by atoms with Crippen molar-refractivity contribution < 1.29 is 14.4 Å². The van der Waals surface area contributed by atoms with Gasteiger partial charge in [-0.05, 0) is 43.0 Å². The van der Waals surface area contributed by atoms with Gasteiger partial charge in [-0.25, -0.2) is 0 Å². The second-order valence-corrected chi connectivity index (χ2v) is 8.73. The summed E-state index contributed by atoms with van der Waals surface area (Å²) >= 11 is 1.30. The van der Waals surface area contributed by atoms with Crippen molar-refractivity contribution in [1.29, 1.82) is 0 Å². The fourth-order valence-electron chi connectivity index (χ4n) is 3.93. The van der Waals surface area contributed by atoms with E-state index in [1.54, 1.807) is 4.90 Å². The van der Waals surface area contributed by atoms with E-state index in [2.05, 4.69) is 17.6 Å². The molecule has 2 aromatic rings. The number of likely N-dealkylation sites (tertiary alicyclic amines) is 1. The second kappa shape index (κ2) is 8.92. The number of para-hydroxylation sites is 2. The quantitative estimate of drug-likeness (QED) is 0.738. The van der Waals surface area contributed by atoms with Crippen LogP contribution in [0.4, 0.5) is 11.4 Å². The van der Waals surface area contributed by atoms with E-state index in [9.17, 15) is 14.4 Å². The van der Waals surface area contributed by atoms with Gasteiger partial charge in [-0.3, -0.25) is 14.4 Å². The maximum atomic E-state index is 13.0. The van der Waals surface area contributed by atoms with Crippen molar-refractivity contribution in [3.05, 3.63) is 54.1 Å². The molecule has 1 fully saturated rings. The summed E-state index contributed by atoms with van der Waals surface area (Å²) in [6, 6.07) is 15.3. The topological polar surface area (TPSA) is 78.5 Å². The highest BCUT2D eigenvalue weighted by Gasteiger charge is 2.37. The lowest BCUT2D eigenvalue weighted by molar-refractivity contribution is -0.136. The minimum Gasteiger partial charge on any atom is -0.341 e. The van der Waals surface area contributed by atoms with Crippen molar-refractivity contribution in [3.8, 4) is 0 Å². The summed E-state index contributed by atoms with van der Waals surface area (Å²) in [6.07, 6.45) is 2.05. The Morgan fingerprint density at radius 2 is 1.80 bits per heavy atom. The Morgan fingerprint density at radius 3 is 2.57 bits per heavy atom. The van der Waals surface area contributed by atoms with Crippen molar-refractivity contribution in [2.75, 3.05) is 23.7 Å². The van der Waals surface area contributed by atoms with Gasteiger partial charge in [0.15, 0.2) is 5.25 Å². The molecule has 3 amide bonds. The molecule has 7 heteroatoms. The first-order valence-corrected chi connectivity index (χ1v) is 11.2. The van der Waals surface area contributed by atoms with Crippen LogP contribution >= 0.6 is 11.8 Å². The second-order valence-electron chi connectivity index (χ2n) is 7.58. The number of fused-ring (bicyclic) bond motifs is 1. The summed E-state index contributed by atoms with van der Waals surface area (Å²) in [5, 5.41) is 5.09. The predicted octanol–water partition coefficient (Wildman–Crippen LogP) is 3.54. The van der Waals surface area contributed by atoms with Crippen molar-refractivity contribution in [3.63, 3.8) is 0 Å². The molecule has 2 N–H and O–H groups in total. The molecular formula is C23H25N3O3S. The fraction of sp³-hybridized carbons (Fsp3) is 0.348. The first-order valence-electron chi connectivity index (χ1n) is 10.3. The Kier molecular flexibility index (Phi) is 6.08. The average molecular weight is 424 g/mol. The van der Waals surface area contributed by atoms with Gasteiger partial charge in [-0.2, -0.15) is 0 Å². The summed E-state index contributed by atoms with van der Waals surface area (Å²) in [7, 11) is 0. The Bertz CT molecular complexity index is 970. The SMILES string of the molecule is CCc1ccccc1NC(=O)C1CCN(C(=O)[C@@H]2Sc3ccccc3NC2=O)CC1. The highest BCUT2D eigenvalue weighted by Crippen LogP contribution is 2.36. The van der Waals surface area contributed by atoms with Gasteiger partial charge in [0.05, 0.1) is 5.69 Å². The van der Waals surface area contributed by atoms with E-state index in [-0.39, 0.29) is 23.6 Å². The Labute approximate surface area is 180 Å². The molecule has 0 aromatic heterocycles. The number of amides is 3. The number of anilines is 2. The number of benzene rings is 2. The first kappa shape index (κ1) is 20.5. The Hall–Kier alpha value is -2.80. The average Bonchev–Trinajstić information content (AvgIpc) is 2.78. The van der Waals surface area contributed by atoms with E-state index in [0.717, 1.165) is 28.3 Å². The summed E-state index contributed by atoms with van der Waals surface area (Å²) in [4.78, 5) is 40.7. The predicted molar refractivity (Wildman–Crippen MR) is 118 cm³/mol. The number of carbonyl (C=O) groups is 3. The van der Waals surface area contributed by atoms with E-state index in [0.29, 0.717) is 25.9 Å². The van der Waals surface area contributed by atoms with Crippen LogP contribution in [-0.2, 0) is 20.8 Å². The van der Waals surface area contributed by atoms with E-state index in [4.69, 9.17) is 0 Å². The summed E-state index contributed by atoms with van der Waals surface area (Å²) in [5.41, 5.74) is 2.72. The van der Waals surface area contributed by atoms with E-state index in [1.165, 1.54) is 11.8 Å². The normalized spacial score (nSPS) is 19.0. The molecule has 30 heavy (non-hydrogen) atoms. The largest absolute Gasteiger partial charge is 0.341 e. The lowest BCUT2D eigenvalue weighted by Crippen LogP contribution is -2.48. The number of hydrogen-bond donors (Lipinski definition) is 2. The Morgan fingerprint density at radius 1 is 1.10 bits per heavy atom. The standard InChI is InChI=1S/C23H25N3O3S/c1-2-15-7-3-4-8-17(15)24-21(27)16-11-13-26(14-12-16)23(29)20-22(28)25-18-9-5-6-10-19(18)30-20/h3-10,16,20H,2,11-14H2,1H3,(H,24,27)(H,25,28)/t20-/m1/s1. The molecule has 0 radical (unpaired) electrons. The molecule has 0 unspecified atom stereocenters. The van der Waals surface area contributed by atoms with E-state index < -0.39 is 5.25 Å². The van der Waals surface area contributed by atoms with Crippen molar-refractivity contribution >= 4 is 40.9 Å². The highest BCUT2D eigenvalue weighted by atomic mass is 32.2. The van der Waals surface area contributed by atoms with Crippen molar-refractivity contribution in [2.45, 2.75) is 36.3 Å². The van der Waals surface area contributed by atoms with Crippen LogP contribution in [0.2, 0.25) is 0 Å². The molecule has 0 saturated carbocycles. The lowest BCUT2D eigenvalue weighted by Gasteiger charge is -2.34. The number of nitrogens with zero attached hydrogens (tertiary/aromatic N) is 1. The van der Waals surface area contributed by atoms with Crippen LogP contribution in [0.15, 0.2) is 53.4 Å². The number of aryl methyl sites for hydroxylation is 1. The zero-order valence-electron chi connectivity index (χ0n) is 16.9. The summed E-state index contributed by atoms with van der Waals surface area (Å²) < 4.78 is 0. The van der Waals surface area contributed by atoms with Gasteiger partial charge in [0, 0.05) is 29.6 Å². The van der Waals surface area contributed by atoms with Crippen molar-refractivity contribution in [2.24, 2.45) is 5.92 Å². The van der Waals surface area contributed by atoms with Crippen LogP contribution in [0, 0.1) is 5.92 Å². The van der Waals surface area contributed by atoms with Crippen LogP contribution < -0.4 is 10.6 Å². The van der Waals surface area contributed by atoms with Gasteiger partial charge in [0.1, 0.15) is 0 Å². The van der Waals surface area contributed by atoms with Crippen LogP contribution in [0.3, 0.4) is 0 Å². The number of rotatable bonds is 4. The number of piperidine rings is 1. The van der Waals surface area contributed by atoms with Crippen molar-refractivity contribution in [1.82, 2.24) is 4.90 Å². The third-order valence-corrected chi connectivity index (χ3v) is 6.95. The molecule has 1 atom stereocenters. The summed E-state index contributed by atoms with van der Waals surface area (Å²) in [6.45, 7) is 3.03. The number of nitrogens with one attached hydrogen (secondary N) is 2. The first-order chi connectivity index (χ1) is 14.6. The number of hydrogen-bond acceptors (Lipinski definition) is 4. The molecule has 2 aliphatic heterocycles. The van der Waals surface area contributed by atoms with Crippen LogP contribution in [-0.4, -0.2) is 41.0 Å². The summed E-state index contributed by atoms with van der Waals surface area (Å²) in [5.74, 6) is -0.587. The maximum absolute atomic E-state index is 13.0. The van der Waals surface area contributed by atoms with E-state index in [1.807, 2.05) is 48.5 Å². The number of thioether (sulfide) groups is 1. The highest BCUT2D eigenvalue weighted by molar-refractivity contribution is 8.01. The molecule has 4 rings (SSSR count). The van der Waals surface area contributed by atoms with Gasteiger partial charge in [-0.1, -0.05) is 37.3 Å².